The van der Waals surface area contributed by atoms with Crippen molar-refractivity contribution in [3.05, 3.63) is 39.9 Å². The second-order valence-electron chi connectivity index (χ2n) is 7.11. The standard InChI is InChI=1S/C18H27N3O2/c1-15-6-8-17(9-7-15)20-12-10-19(11-13-20)14-16-4-2-3-5-18(16)21(22)23/h2-5,15,17H,6-14H2,1H3. The van der Waals surface area contributed by atoms with E-state index in [1.807, 2.05) is 12.1 Å². The van der Waals surface area contributed by atoms with Gasteiger partial charge in [0.25, 0.3) is 5.69 Å². The van der Waals surface area contributed by atoms with Gasteiger partial charge in [0, 0.05) is 50.4 Å². The Balaban J connectivity index is 1.53. The molecule has 1 aromatic carbocycles. The van der Waals surface area contributed by atoms with Gasteiger partial charge >= 0.3 is 0 Å². The zero-order valence-corrected chi connectivity index (χ0v) is 14.0. The highest BCUT2D eigenvalue weighted by Crippen LogP contribution is 2.28. The summed E-state index contributed by atoms with van der Waals surface area (Å²) in [4.78, 5) is 15.9. The Labute approximate surface area is 138 Å². The first kappa shape index (κ1) is 16.4. The number of benzene rings is 1. The van der Waals surface area contributed by atoms with Crippen LogP contribution in [0, 0.1) is 16.0 Å². The zero-order chi connectivity index (χ0) is 16.2. The smallest absolute Gasteiger partial charge is 0.273 e. The summed E-state index contributed by atoms with van der Waals surface area (Å²) >= 11 is 0. The monoisotopic (exact) mass is 317 g/mol. The second kappa shape index (κ2) is 7.41. The fraction of sp³-hybridized carbons (Fsp3) is 0.667. The van der Waals surface area contributed by atoms with Crippen molar-refractivity contribution in [3.8, 4) is 0 Å². The average molecular weight is 317 g/mol. The van der Waals surface area contributed by atoms with Gasteiger partial charge < -0.3 is 0 Å². The Morgan fingerprint density at radius 2 is 1.74 bits per heavy atom. The minimum absolute atomic E-state index is 0.246. The molecule has 0 bridgehead atoms. The largest absolute Gasteiger partial charge is 0.298 e. The number of hydrogen-bond acceptors (Lipinski definition) is 4. The van der Waals surface area contributed by atoms with Crippen LogP contribution in [0.25, 0.3) is 0 Å². The first-order chi connectivity index (χ1) is 11.1. The molecule has 1 saturated carbocycles. The van der Waals surface area contributed by atoms with E-state index in [2.05, 4.69) is 16.7 Å². The van der Waals surface area contributed by atoms with Crippen LogP contribution in [-0.2, 0) is 6.54 Å². The lowest BCUT2D eigenvalue weighted by Gasteiger charge is -2.41. The van der Waals surface area contributed by atoms with E-state index >= 15 is 0 Å². The van der Waals surface area contributed by atoms with Gasteiger partial charge in [0.1, 0.15) is 0 Å². The third kappa shape index (κ3) is 4.09. The maximum absolute atomic E-state index is 11.1. The molecule has 0 radical (unpaired) electrons. The lowest BCUT2D eigenvalue weighted by molar-refractivity contribution is -0.385. The molecule has 1 aromatic rings. The van der Waals surface area contributed by atoms with Crippen LogP contribution in [0.2, 0.25) is 0 Å². The number of hydrogen-bond donors (Lipinski definition) is 0. The predicted octanol–water partition coefficient (Wildman–Crippen LogP) is 3.29. The van der Waals surface area contributed by atoms with Crippen LogP contribution in [-0.4, -0.2) is 46.9 Å². The van der Waals surface area contributed by atoms with Crippen molar-refractivity contribution in [2.75, 3.05) is 26.2 Å². The van der Waals surface area contributed by atoms with Crippen LogP contribution in [0.3, 0.4) is 0 Å². The van der Waals surface area contributed by atoms with Gasteiger partial charge in [-0.15, -0.1) is 0 Å². The summed E-state index contributed by atoms with van der Waals surface area (Å²) in [5.74, 6) is 0.895. The van der Waals surface area contributed by atoms with Crippen molar-refractivity contribution in [2.24, 2.45) is 5.92 Å². The van der Waals surface area contributed by atoms with Crippen LogP contribution in [0.4, 0.5) is 5.69 Å². The molecule has 1 heterocycles. The minimum atomic E-state index is -0.269. The van der Waals surface area contributed by atoms with Crippen LogP contribution >= 0.6 is 0 Å². The minimum Gasteiger partial charge on any atom is -0.298 e. The molecule has 5 nitrogen and oxygen atoms in total. The average Bonchev–Trinajstić information content (AvgIpc) is 2.57. The van der Waals surface area contributed by atoms with E-state index in [1.165, 1.54) is 25.7 Å². The van der Waals surface area contributed by atoms with E-state index in [-0.39, 0.29) is 10.6 Å². The molecule has 3 rings (SSSR count). The van der Waals surface area contributed by atoms with Gasteiger partial charge in [-0.3, -0.25) is 19.9 Å². The van der Waals surface area contributed by atoms with E-state index in [0.717, 1.165) is 43.7 Å². The molecular weight excluding hydrogens is 290 g/mol. The van der Waals surface area contributed by atoms with Gasteiger partial charge in [0.15, 0.2) is 0 Å². The SMILES string of the molecule is CC1CCC(N2CCN(Cc3ccccc3[N+](=O)[O-])CC2)CC1. The van der Waals surface area contributed by atoms with Gasteiger partial charge in [-0.2, -0.15) is 0 Å². The quantitative estimate of drug-likeness (QED) is 0.631. The normalized spacial score (nSPS) is 27.0. The third-order valence-corrected chi connectivity index (χ3v) is 5.49. The molecule has 1 saturated heterocycles. The molecule has 0 aromatic heterocycles. The van der Waals surface area contributed by atoms with Crippen molar-refractivity contribution in [2.45, 2.75) is 45.2 Å². The molecule has 0 unspecified atom stereocenters. The predicted molar refractivity (Wildman–Crippen MR) is 91.4 cm³/mol. The fourth-order valence-electron chi connectivity index (χ4n) is 3.96. The molecule has 2 aliphatic rings. The molecule has 2 fully saturated rings. The zero-order valence-electron chi connectivity index (χ0n) is 14.0. The van der Waals surface area contributed by atoms with Crippen LogP contribution in [0.1, 0.15) is 38.2 Å². The number of para-hydroxylation sites is 1. The number of piperazine rings is 1. The van der Waals surface area contributed by atoms with E-state index in [9.17, 15) is 10.1 Å². The lowest BCUT2D eigenvalue weighted by Crippen LogP contribution is -2.50. The second-order valence-corrected chi connectivity index (χ2v) is 7.11. The lowest BCUT2D eigenvalue weighted by atomic mass is 9.86. The van der Waals surface area contributed by atoms with Gasteiger partial charge in [-0.05, 0) is 31.6 Å². The van der Waals surface area contributed by atoms with Crippen molar-refractivity contribution in [1.82, 2.24) is 9.80 Å². The van der Waals surface area contributed by atoms with Gasteiger partial charge in [0.05, 0.1) is 4.92 Å². The van der Waals surface area contributed by atoms with E-state index in [0.29, 0.717) is 6.54 Å². The maximum Gasteiger partial charge on any atom is 0.273 e. The number of nitrogens with zero attached hydrogens (tertiary/aromatic N) is 3. The topological polar surface area (TPSA) is 49.6 Å². The summed E-state index contributed by atoms with van der Waals surface area (Å²) in [6.07, 6.45) is 5.40. The molecule has 0 atom stereocenters. The Morgan fingerprint density at radius 1 is 1.09 bits per heavy atom. The molecule has 0 amide bonds. The number of nitro benzene ring substituents is 1. The van der Waals surface area contributed by atoms with Crippen molar-refractivity contribution in [1.29, 1.82) is 0 Å². The summed E-state index contributed by atoms with van der Waals surface area (Å²) < 4.78 is 0. The van der Waals surface area contributed by atoms with Gasteiger partial charge in [-0.25, -0.2) is 0 Å². The summed E-state index contributed by atoms with van der Waals surface area (Å²) in [7, 11) is 0. The number of nitro groups is 1. The summed E-state index contributed by atoms with van der Waals surface area (Å²) in [5.41, 5.74) is 1.08. The molecular formula is C18H27N3O2. The molecule has 23 heavy (non-hydrogen) atoms. The Hall–Kier alpha value is -1.46. The molecule has 126 valence electrons. The number of rotatable bonds is 4. The van der Waals surface area contributed by atoms with Gasteiger partial charge in [0.2, 0.25) is 0 Å². The van der Waals surface area contributed by atoms with Crippen LogP contribution in [0.15, 0.2) is 24.3 Å². The highest BCUT2D eigenvalue weighted by Gasteiger charge is 2.27. The maximum atomic E-state index is 11.1. The van der Waals surface area contributed by atoms with Crippen molar-refractivity contribution < 1.29 is 4.92 Å². The Bertz CT molecular complexity index is 533. The molecule has 1 aliphatic carbocycles. The summed E-state index contributed by atoms with van der Waals surface area (Å²) in [6.45, 7) is 7.27. The molecule has 0 spiro atoms. The van der Waals surface area contributed by atoms with Crippen LogP contribution < -0.4 is 0 Å². The Kier molecular flexibility index (Phi) is 5.28. The Morgan fingerprint density at radius 3 is 2.39 bits per heavy atom. The summed E-state index contributed by atoms with van der Waals surface area (Å²) in [5, 5.41) is 11.1. The molecule has 0 N–H and O–H groups in total. The van der Waals surface area contributed by atoms with E-state index < -0.39 is 0 Å². The van der Waals surface area contributed by atoms with Gasteiger partial charge in [-0.1, -0.05) is 25.1 Å². The van der Waals surface area contributed by atoms with Crippen LogP contribution in [0.5, 0.6) is 0 Å². The van der Waals surface area contributed by atoms with E-state index in [4.69, 9.17) is 0 Å². The van der Waals surface area contributed by atoms with Crippen molar-refractivity contribution in [3.63, 3.8) is 0 Å². The molecule has 5 heteroatoms. The first-order valence-electron chi connectivity index (χ1n) is 8.82. The van der Waals surface area contributed by atoms with E-state index in [1.54, 1.807) is 12.1 Å². The first-order valence-corrected chi connectivity index (χ1v) is 8.82. The highest BCUT2D eigenvalue weighted by molar-refractivity contribution is 5.39. The molecule has 1 aliphatic heterocycles. The summed E-state index contributed by atoms with van der Waals surface area (Å²) in [6, 6.07) is 7.88. The highest BCUT2D eigenvalue weighted by atomic mass is 16.6. The van der Waals surface area contributed by atoms with Crippen molar-refractivity contribution >= 4 is 5.69 Å². The third-order valence-electron chi connectivity index (χ3n) is 5.49. The fourth-order valence-corrected chi connectivity index (χ4v) is 3.96.